The summed E-state index contributed by atoms with van der Waals surface area (Å²) in [4.78, 5) is 10.6. The Kier molecular flexibility index (Phi) is 4.17. The molecule has 1 aliphatic heterocycles. The molecule has 0 saturated carbocycles. The van der Waals surface area contributed by atoms with Crippen LogP contribution in [0.2, 0.25) is 0 Å². The molecule has 1 saturated heterocycles. The molecular weight excluding hydrogens is 306 g/mol. The molecular formula is C17H19N5S. The van der Waals surface area contributed by atoms with E-state index in [4.69, 9.17) is 0 Å². The molecule has 0 spiro atoms. The maximum Gasteiger partial charge on any atom is 0.131 e. The molecule has 1 unspecified atom stereocenters. The number of aromatic amines is 1. The van der Waals surface area contributed by atoms with E-state index in [1.54, 1.807) is 16.8 Å². The maximum atomic E-state index is 4.64. The van der Waals surface area contributed by atoms with E-state index in [-0.39, 0.29) is 0 Å². The van der Waals surface area contributed by atoms with Crippen molar-refractivity contribution in [3.05, 3.63) is 52.9 Å². The Labute approximate surface area is 139 Å². The highest BCUT2D eigenvalue weighted by Crippen LogP contribution is 2.27. The van der Waals surface area contributed by atoms with Crippen molar-refractivity contribution in [1.29, 1.82) is 0 Å². The summed E-state index contributed by atoms with van der Waals surface area (Å²) in [6.45, 7) is 3.05. The first-order valence-corrected chi connectivity index (χ1v) is 8.84. The van der Waals surface area contributed by atoms with Crippen LogP contribution in [0.5, 0.6) is 0 Å². The second-order valence-corrected chi connectivity index (χ2v) is 6.87. The molecule has 0 amide bonds. The molecule has 0 radical (unpaired) electrons. The SMILES string of the molecule is c1ccc(-c2cnc(C3CCCN(Cc4nncs4)C3)[nH]2)cc1. The summed E-state index contributed by atoms with van der Waals surface area (Å²) >= 11 is 1.63. The molecule has 5 nitrogen and oxygen atoms in total. The van der Waals surface area contributed by atoms with Crippen LogP contribution >= 0.6 is 11.3 Å². The van der Waals surface area contributed by atoms with Gasteiger partial charge in [-0.1, -0.05) is 30.3 Å². The van der Waals surface area contributed by atoms with Gasteiger partial charge in [-0.2, -0.15) is 0 Å². The average Bonchev–Trinajstić information content (AvgIpc) is 3.28. The number of likely N-dealkylation sites (tertiary alicyclic amines) is 1. The molecule has 1 N–H and O–H groups in total. The van der Waals surface area contributed by atoms with E-state index in [0.29, 0.717) is 5.92 Å². The van der Waals surface area contributed by atoms with Crippen molar-refractivity contribution < 1.29 is 0 Å². The molecule has 1 aromatic carbocycles. The lowest BCUT2D eigenvalue weighted by atomic mass is 9.97. The summed E-state index contributed by atoms with van der Waals surface area (Å²) < 4.78 is 0. The minimum Gasteiger partial charge on any atom is -0.342 e. The Morgan fingerprint density at radius 1 is 1.26 bits per heavy atom. The van der Waals surface area contributed by atoms with Gasteiger partial charge in [-0.25, -0.2) is 4.98 Å². The topological polar surface area (TPSA) is 57.7 Å². The lowest BCUT2D eigenvalue weighted by Crippen LogP contribution is -2.34. The largest absolute Gasteiger partial charge is 0.342 e. The van der Waals surface area contributed by atoms with Crippen molar-refractivity contribution in [2.75, 3.05) is 13.1 Å². The Balaban J connectivity index is 1.46. The number of nitrogens with zero attached hydrogens (tertiary/aromatic N) is 4. The van der Waals surface area contributed by atoms with Crippen molar-refractivity contribution in [2.45, 2.75) is 25.3 Å². The monoisotopic (exact) mass is 325 g/mol. The Bertz CT molecular complexity index is 737. The Morgan fingerprint density at radius 2 is 2.17 bits per heavy atom. The molecule has 6 heteroatoms. The summed E-state index contributed by atoms with van der Waals surface area (Å²) in [6.07, 6.45) is 4.34. The summed E-state index contributed by atoms with van der Waals surface area (Å²) in [7, 11) is 0. The molecule has 2 aromatic heterocycles. The summed E-state index contributed by atoms with van der Waals surface area (Å²) in [5.41, 5.74) is 4.09. The van der Waals surface area contributed by atoms with Gasteiger partial charge in [0.25, 0.3) is 0 Å². The first-order valence-electron chi connectivity index (χ1n) is 7.96. The van der Waals surface area contributed by atoms with Gasteiger partial charge in [-0.3, -0.25) is 4.90 Å². The van der Waals surface area contributed by atoms with Crippen molar-refractivity contribution in [2.24, 2.45) is 0 Å². The number of rotatable bonds is 4. The van der Waals surface area contributed by atoms with Gasteiger partial charge in [0.05, 0.1) is 18.4 Å². The predicted molar refractivity (Wildman–Crippen MR) is 91.2 cm³/mol. The molecule has 0 aliphatic carbocycles. The second-order valence-electron chi connectivity index (χ2n) is 5.95. The van der Waals surface area contributed by atoms with E-state index in [2.05, 4.69) is 49.3 Å². The number of H-pyrrole nitrogens is 1. The van der Waals surface area contributed by atoms with Crippen LogP contribution in [0.4, 0.5) is 0 Å². The number of imidazole rings is 1. The number of piperidine rings is 1. The van der Waals surface area contributed by atoms with E-state index < -0.39 is 0 Å². The van der Waals surface area contributed by atoms with Crippen LogP contribution in [0.3, 0.4) is 0 Å². The average molecular weight is 325 g/mol. The van der Waals surface area contributed by atoms with Gasteiger partial charge in [0.2, 0.25) is 0 Å². The Hall–Kier alpha value is -2.05. The highest BCUT2D eigenvalue weighted by atomic mass is 32.1. The molecule has 118 valence electrons. The number of hydrogen-bond acceptors (Lipinski definition) is 5. The zero-order chi connectivity index (χ0) is 15.5. The molecule has 1 aliphatic rings. The smallest absolute Gasteiger partial charge is 0.131 e. The van der Waals surface area contributed by atoms with E-state index in [9.17, 15) is 0 Å². The number of aromatic nitrogens is 4. The van der Waals surface area contributed by atoms with Gasteiger partial charge < -0.3 is 4.98 Å². The minimum absolute atomic E-state index is 0.467. The second kappa shape index (κ2) is 6.60. The maximum absolute atomic E-state index is 4.64. The highest BCUT2D eigenvalue weighted by molar-refractivity contribution is 7.09. The zero-order valence-electron chi connectivity index (χ0n) is 12.9. The fourth-order valence-corrected chi connectivity index (χ4v) is 3.75. The molecule has 3 heterocycles. The van der Waals surface area contributed by atoms with Gasteiger partial charge in [0.1, 0.15) is 16.3 Å². The van der Waals surface area contributed by atoms with E-state index in [0.717, 1.165) is 36.2 Å². The standard InChI is InChI=1S/C17H19N5S/c1-2-5-13(6-3-1)15-9-18-17(20-15)14-7-4-8-22(10-14)11-16-21-19-12-23-16/h1-3,5-6,9,12,14H,4,7-8,10-11H2,(H,18,20). The third-order valence-electron chi connectivity index (χ3n) is 4.34. The highest BCUT2D eigenvalue weighted by Gasteiger charge is 2.24. The molecule has 0 bridgehead atoms. The molecule has 1 atom stereocenters. The van der Waals surface area contributed by atoms with Gasteiger partial charge in [-0.05, 0) is 24.9 Å². The summed E-state index contributed by atoms with van der Waals surface area (Å²) in [5.74, 6) is 1.57. The van der Waals surface area contributed by atoms with Crippen molar-refractivity contribution >= 4 is 11.3 Å². The number of nitrogens with one attached hydrogen (secondary N) is 1. The molecule has 1 fully saturated rings. The Morgan fingerprint density at radius 3 is 3.00 bits per heavy atom. The summed E-state index contributed by atoms with van der Waals surface area (Å²) in [5, 5.41) is 9.17. The third-order valence-corrected chi connectivity index (χ3v) is 5.02. The van der Waals surface area contributed by atoms with E-state index in [1.165, 1.54) is 18.4 Å². The summed E-state index contributed by atoms with van der Waals surface area (Å²) in [6, 6.07) is 10.4. The van der Waals surface area contributed by atoms with Crippen LogP contribution < -0.4 is 0 Å². The third kappa shape index (κ3) is 3.33. The van der Waals surface area contributed by atoms with Gasteiger partial charge in [0, 0.05) is 12.5 Å². The first-order chi connectivity index (χ1) is 11.4. The molecule has 23 heavy (non-hydrogen) atoms. The van der Waals surface area contributed by atoms with Crippen LogP contribution in [0, 0.1) is 0 Å². The van der Waals surface area contributed by atoms with Crippen LogP contribution in [-0.2, 0) is 6.54 Å². The zero-order valence-corrected chi connectivity index (χ0v) is 13.7. The van der Waals surface area contributed by atoms with Crippen LogP contribution in [0.1, 0.15) is 29.6 Å². The van der Waals surface area contributed by atoms with Gasteiger partial charge in [-0.15, -0.1) is 21.5 Å². The fourth-order valence-electron chi connectivity index (χ4n) is 3.19. The van der Waals surface area contributed by atoms with Gasteiger partial charge in [0.15, 0.2) is 0 Å². The van der Waals surface area contributed by atoms with Crippen LogP contribution in [0.25, 0.3) is 11.3 Å². The van der Waals surface area contributed by atoms with E-state index >= 15 is 0 Å². The first kappa shape index (κ1) is 14.5. The lowest BCUT2D eigenvalue weighted by Gasteiger charge is -2.30. The lowest BCUT2D eigenvalue weighted by molar-refractivity contribution is 0.196. The normalized spacial score (nSPS) is 19.0. The predicted octanol–water partition coefficient (Wildman–Crippen LogP) is 3.31. The van der Waals surface area contributed by atoms with Crippen LogP contribution in [0.15, 0.2) is 42.0 Å². The van der Waals surface area contributed by atoms with Crippen molar-refractivity contribution in [3.63, 3.8) is 0 Å². The van der Waals surface area contributed by atoms with Gasteiger partial charge >= 0.3 is 0 Å². The van der Waals surface area contributed by atoms with Crippen molar-refractivity contribution in [1.82, 2.24) is 25.1 Å². The quantitative estimate of drug-likeness (QED) is 0.799. The van der Waals surface area contributed by atoms with Crippen LogP contribution in [-0.4, -0.2) is 38.2 Å². The fraction of sp³-hybridized carbons (Fsp3) is 0.353. The molecule has 4 rings (SSSR count). The number of hydrogen-bond donors (Lipinski definition) is 1. The van der Waals surface area contributed by atoms with Crippen molar-refractivity contribution in [3.8, 4) is 11.3 Å². The molecule has 3 aromatic rings. The minimum atomic E-state index is 0.467. The van der Waals surface area contributed by atoms with E-state index in [1.807, 2.05) is 12.3 Å². The number of benzene rings is 1.